The van der Waals surface area contributed by atoms with Gasteiger partial charge in [-0.2, -0.15) is 13.2 Å². The molecule has 1 saturated heterocycles. The van der Waals surface area contributed by atoms with Crippen LogP contribution in [0.5, 0.6) is 0 Å². The lowest BCUT2D eigenvalue weighted by Gasteiger charge is -2.35. The van der Waals surface area contributed by atoms with Crippen molar-refractivity contribution < 1.29 is 22.8 Å². The molecule has 31 heavy (non-hydrogen) atoms. The predicted molar refractivity (Wildman–Crippen MR) is 108 cm³/mol. The Bertz CT molecular complexity index is 985. The highest BCUT2D eigenvalue weighted by Gasteiger charge is 2.41. The van der Waals surface area contributed by atoms with Crippen molar-refractivity contribution in [2.45, 2.75) is 37.5 Å². The van der Waals surface area contributed by atoms with Gasteiger partial charge in [0, 0.05) is 25.7 Å². The second kappa shape index (κ2) is 8.14. The Morgan fingerprint density at radius 1 is 1.26 bits per heavy atom. The maximum absolute atomic E-state index is 13.0. The van der Waals surface area contributed by atoms with Gasteiger partial charge >= 0.3 is 12.2 Å². The molecule has 8 nitrogen and oxygen atoms in total. The van der Waals surface area contributed by atoms with Gasteiger partial charge in [0.05, 0.1) is 11.7 Å². The summed E-state index contributed by atoms with van der Waals surface area (Å²) in [4.78, 5) is 37.5. The largest absolute Gasteiger partial charge is 0.403 e. The molecule has 2 aliphatic heterocycles. The molecule has 0 spiro atoms. The van der Waals surface area contributed by atoms with E-state index in [0.717, 1.165) is 13.0 Å². The van der Waals surface area contributed by atoms with Crippen LogP contribution in [0.25, 0.3) is 0 Å². The van der Waals surface area contributed by atoms with E-state index in [9.17, 15) is 22.8 Å². The number of amides is 2. The van der Waals surface area contributed by atoms with Crippen LogP contribution in [-0.4, -0.2) is 53.1 Å². The van der Waals surface area contributed by atoms with E-state index < -0.39 is 30.5 Å². The number of fused-ring (bicyclic) bond motifs is 4. The number of ketones is 1. The number of Topliss-reactive ketones (excluding diaryl/α,β-unsaturated/α-hetero) is 1. The van der Waals surface area contributed by atoms with Gasteiger partial charge in [0.1, 0.15) is 17.6 Å². The molecule has 164 valence electrons. The van der Waals surface area contributed by atoms with Crippen LogP contribution in [0.3, 0.4) is 0 Å². The monoisotopic (exact) mass is 434 g/mol. The molecule has 2 atom stereocenters. The zero-order chi connectivity index (χ0) is 22.2. The number of carbonyl (C=O) groups excluding carboxylic acids is 2. The minimum Gasteiger partial charge on any atom is -0.366 e. The molecule has 2 aliphatic rings. The Labute approximate surface area is 176 Å². The molecular weight excluding hydrogens is 413 g/mol. The smallest absolute Gasteiger partial charge is 0.366 e. The van der Waals surface area contributed by atoms with Crippen LogP contribution in [0.15, 0.2) is 36.5 Å². The standard InChI is InChI=1S/C20H21F3N6O2/c21-20(22,23)16(24)7-6-15(30)13-4-5-14-18(26-13)29(12-8-10-28(14)11-12)19(31)27-17-3-1-2-9-25-17/h1-5,9,12,16H,6-8,10-11,24H2,(H,25,27,31)/t12-,16?/m0/s1. The molecule has 1 unspecified atom stereocenters. The summed E-state index contributed by atoms with van der Waals surface area (Å²) in [5.41, 5.74) is 5.80. The van der Waals surface area contributed by atoms with Crippen molar-refractivity contribution in [3.05, 3.63) is 42.2 Å². The number of rotatable bonds is 5. The van der Waals surface area contributed by atoms with Gasteiger partial charge in [-0.25, -0.2) is 14.8 Å². The Hall–Kier alpha value is -3.21. The van der Waals surface area contributed by atoms with Gasteiger partial charge in [-0.05, 0) is 37.1 Å². The lowest BCUT2D eigenvalue weighted by molar-refractivity contribution is -0.148. The number of alkyl halides is 3. The second-order valence-electron chi connectivity index (χ2n) is 7.55. The van der Waals surface area contributed by atoms with Crippen LogP contribution in [0.2, 0.25) is 0 Å². The molecule has 4 rings (SSSR count). The summed E-state index contributed by atoms with van der Waals surface area (Å²) in [5, 5.41) is 2.73. The number of halogens is 3. The quantitative estimate of drug-likeness (QED) is 0.702. The summed E-state index contributed by atoms with van der Waals surface area (Å²) in [7, 11) is 0. The van der Waals surface area contributed by atoms with Crippen LogP contribution >= 0.6 is 0 Å². The number of urea groups is 1. The highest BCUT2D eigenvalue weighted by Crippen LogP contribution is 2.39. The highest BCUT2D eigenvalue weighted by molar-refractivity contribution is 6.05. The van der Waals surface area contributed by atoms with Crippen LogP contribution in [0, 0.1) is 0 Å². The van der Waals surface area contributed by atoms with E-state index in [1.165, 1.54) is 11.0 Å². The molecule has 2 amide bonds. The molecule has 0 aromatic carbocycles. The molecular formula is C20H21F3N6O2. The highest BCUT2D eigenvalue weighted by atomic mass is 19.4. The van der Waals surface area contributed by atoms with E-state index in [2.05, 4.69) is 20.2 Å². The minimum atomic E-state index is -4.56. The van der Waals surface area contributed by atoms with Crippen LogP contribution in [0.4, 0.5) is 35.3 Å². The maximum Gasteiger partial charge on any atom is 0.403 e. The molecule has 1 fully saturated rings. The van der Waals surface area contributed by atoms with Gasteiger partial charge in [0.15, 0.2) is 11.6 Å². The van der Waals surface area contributed by atoms with Gasteiger partial charge in [0.25, 0.3) is 0 Å². The number of pyridine rings is 2. The Morgan fingerprint density at radius 3 is 2.77 bits per heavy atom. The summed E-state index contributed by atoms with van der Waals surface area (Å²) in [6.45, 7) is 1.37. The third kappa shape index (κ3) is 4.31. The number of anilines is 3. The van der Waals surface area contributed by atoms with Crippen molar-refractivity contribution >= 4 is 29.1 Å². The topological polar surface area (TPSA) is 104 Å². The number of nitrogens with one attached hydrogen (secondary N) is 1. The predicted octanol–water partition coefficient (Wildman–Crippen LogP) is 2.96. The number of nitrogens with zero attached hydrogens (tertiary/aromatic N) is 4. The molecule has 0 aliphatic carbocycles. The summed E-state index contributed by atoms with van der Waals surface area (Å²) in [6.07, 6.45) is -3.19. The second-order valence-corrected chi connectivity index (χ2v) is 7.55. The lowest BCUT2D eigenvalue weighted by atomic mass is 10.1. The summed E-state index contributed by atoms with van der Waals surface area (Å²) < 4.78 is 37.9. The zero-order valence-corrected chi connectivity index (χ0v) is 16.5. The summed E-state index contributed by atoms with van der Waals surface area (Å²) >= 11 is 0. The van der Waals surface area contributed by atoms with Crippen LogP contribution in [0.1, 0.15) is 29.8 Å². The Morgan fingerprint density at radius 2 is 2.06 bits per heavy atom. The number of hydrogen-bond acceptors (Lipinski definition) is 6. The van der Waals surface area contributed by atoms with Crippen molar-refractivity contribution in [1.29, 1.82) is 0 Å². The van der Waals surface area contributed by atoms with E-state index in [1.807, 2.05) is 0 Å². The van der Waals surface area contributed by atoms with Crippen molar-refractivity contribution in [2.24, 2.45) is 5.73 Å². The zero-order valence-electron chi connectivity index (χ0n) is 16.5. The number of nitrogens with two attached hydrogens (primary N) is 1. The third-order valence-corrected chi connectivity index (χ3v) is 5.46. The Balaban J connectivity index is 1.57. The first-order valence-electron chi connectivity index (χ1n) is 9.87. The fraction of sp³-hybridized carbons (Fsp3) is 0.400. The van der Waals surface area contributed by atoms with E-state index in [-0.39, 0.29) is 18.2 Å². The molecule has 2 aromatic heterocycles. The molecule has 3 N–H and O–H groups in total. The fourth-order valence-corrected chi connectivity index (χ4v) is 3.81. The first kappa shape index (κ1) is 21.0. The van der Waals surface area contributed by atoms with Crippen molar-refractivity contribution in [3.8, 4) is 0 Å². The van der Waals surface area contributed by atoms with Crippen molar-refractivity contribution in [1.82, 2.24) is 9.97 Å². The van der Waals surface area contributed by atoms with Gasteiger partial charge in [-0.3, -0.25) is 15.0 Å². The van der Waals surface area contributed by atoms with Gasteiger partial charge in [0.2, 0.25) is 0 Å². The average Bonchev–Trinajstić information content (AvgIpc) is 3.15. The van der Waals surface area contributed by atoms with Crippen LogP contribution < -0.4 is 20.9 Å². The molecule has 11 heteroatoms. The molecule has 0 saturated carbocycles. The van der Waals surface area contributed by atoms with E-state index in [4.69, 9.17) is 5.73 Å². The molecule has 0 radical (unpaired) electrons. The van der Waals surface area contributed by atoms with Gasteiger partial charge in [-0.15, -0.1) is 0 Å². The summed E-state index contributed by atoms with van der Waals surface area (Å²) in [5.74, 6) is 0.136. The van der Waals surface area contributed by atoms with Crippen molar-refractivity contribution in [2.75, 3.05) is 28.2 Å². The van der Waals surface area contributed by atoms with Gasteiger partial charge < -0.3 is 10.6 Å². The van der Waals surface area contributed by atoms with Crippen LogP contribution in [-0.2, 0) is 0 Å². The SMILES string of the molecule is NC(CCC(=O)c1ccc2c(n1)N(C(=O)Nc1ccccn1)[C@H]1CCN2C1)C(F)(F)F. The number of aromatic nitrogens is 2. The first-order chi connectivity index (χ1) is 14.7. The number of hydrogen-bond donors (Lipinski definition) is 2. The van der Waals surface area contributed by atoms with Crippen molar-refractivity contribution in [3.63, 3.8) is 0 Å². The van der Waals surface area contributed by atoms with E-state index in [1.54, 1.807) is 30.5 Å². The maximum atomic E-state index is 13.0. The Kier molecular flexibility index (Phi) is 5.52. The van der Waals surface area contributed by atoms with E-state index in [0.29, 0.717) is 23.9 Å². The summed E-state index contributed by atoms with van der Waals surface area (Å²) in [6, 6.07) is 5.65. The first-order valence-corrected chi connectivity index (χ1v) is 9.87. The molecule has 2 bridgehead atoms. The normalized spacial score (nSPS) is 18.5. The number of carbonyl (C=O) groups is 2. The lowest BCUT2D eigenvalue weighted by Crippen LogP contribution is -2.48. The van der Waals surface area contributed by atoms with Gasteiger partial charge in [-0.1, -0.05) is 6.07 Å². The molecule has 4 heterocycles. The fourth-order valence-electron chi connectivity index (χ4n) is 3.81. The van der Waals surface area contributed by atoms with E-state index >= 15 is 0 Å². The third-order valence-electron chi connectivity index (χ3n) is 5.46. The molecule has 2 aromatic rings. The minimum absolute atomic E-state index is 0.00580. The average molecular weight is 434 g/mol.